The summed E-state index contributed by atoms with van der Waals surface area (Å²) < 4.78 is 67.9. The Labute approximate surface area is 253 Å². The third-order valence-corrected chi connectivity index (χ3v) is 9.79. The standard InChI is InChI=1S/C29H28BrN3O7S2/c1-20-4-12-24(13-5-20)33(42(37,38)26-16-17-27(39-2)28(18-26)40-3)19-29(34)31-22-10-14-25(15-11-22)41(35,36)32-23-8-6-21(30)7-9-23/h4-18,32H,19H2,1-3H3,(H,31,34). The molecule has 13 heteroatoms. The molecule has 0 aliphatic rings. The monoisotopic (exact) mass is 673 g/mol. The van der Waals surface area contributed by atoms with Gasteiger partial charge in [-0.2, -0.15) is 0 Å². The van der Waals surface area contributed by atoms with Crippen molar-refractivity contribution < 1.29 is 31.1 Å². The molecule has 0 aliphatic heterocycles. The Morgan fingerprint density at radius 1 is 0.762 bits per heavy atom. The molecular weight excluding hydrogens is 646 g/mol. The van der Waals surface area contributed by atoms with E-state index in [0.29, 0.717) is 11.4 Å². The van der Waals surface area contributed by atoms with E-state index in [0.717, 1.165) is 14.3 Å². The molecule has 220 valence electrons. The fourth-order valence-corrected chi connectivity index (χ4v) is 6.67. The van der Waals surface area contributed by atoms with Gasteiger partial charge in [0.2, 0.25) is 5.91 Å². The molecule has 0 spiro atoms. The van der Waals surface area contributed by atoms with Gasteiger partial charge < -0.3 is 14.8 Å². The van der Waals surface area contributed by atoms with Crippen molar-refractivity contribution in [1.82, 2.24) is 0 Å². The number of amides is 1. The van der Waals surface area contributed by atoms with Gasteiger partial charge in [0.15, 0.2) is 11.5 Å². The van der Waals surface area contributed by atoms with Crippen molar-refractivity contribution in [3.63, 3.8) is 0 Å². The van der Waals surface area contributed by atoms with Crippen LogP contribution in [-0.2, 0) is 24.8 Å². The highest BCUT2D eigenvalue weighted by Gasteiger charge is 2.28. The minimum atomic E-state index is -4.22. The fourth-order valence-electron chi connectivity index (χ4n) is 3.91. The first-order valence-corrected chi connectivity index (χ1v) is 16.1. The summed E-state index contributed by atoms with van der Waals surface area (Å²) in [5.41, 5.74) is 1.87. The molecule has 10 nitrogen and oxygen atoms in total. The number of hydrogen-bond acceptors (Lipinski definition) is 7. The second-order valence-electron chi connectivity index (χ2n) is 9.05. The summed E-state index contributed by atoms with van der Waals surface area (Å²) in [5.74, 6) is -0.0617. The number of carbonyl (C=O) groups is 1. The van der Waals surface area contributed by atoms with Gasteiger partial charge in [0.1, 0.15) is 6.54 Å². The van der Waals surface area contributed by atoms with E-state index in [1.165, 1.54) is 56.7 Å². The summed E-state index contributed by atoms with van der Waals surface area (Å²) in [6.07, 6.45) is 0. The minimum absolute atomic E-state index is 0.0132. The molecule has 0 aromatic heterocycles. The van der Waals surface area contributed by atoms with Crippen molar-refractivity contribution in [1.29, 1.82) is 0 Å². The van der Waals surface area contributed by atoms with Crippen molar-refractivity contribution in [2.45, 2.75) is 16.7 Å². The first kappa shape index (κ1) is 30.9. The number of rotatable bonds is 11. The minimum Gasteiger partial charge on any atom is -0.493 e. The third-order valence-electron chi connectivity index (χ3n) is 6.10. The first-order valence-electron chi connectivity index (χ1n) is 12.4. The van der Waals surface area contributed by atoms with Gasteiger partial charge in [-0.15, -0.1) is 0 Å². The number of nitrogens with zero attached hydrogens (tertiary/aromatic N) is 1. The molecule has 1 amide bonds. The second-order valence-corrected chi connectivity index (χ2v) is 13.5. The van der Waals surface area contributed by atoms with Gasteiger partial charge in [-0.3, -0.25) is 13.8 Å². The average Bonchev–Trinajstić information content (AvgIpc) is 2.97. The number of halogens is 1. The van der Waals surface area contributed by atoms with Crippen molar-refractivity contribution >= 4 is 58.9 Å². The maximum absolute atomic E-state index is 13.8. The summed E-state index contributed by atoms with van der Waals surface area (Å²) in [5, 5.41) is 2.64. The highest BCUT2D eigenvalue weighted by Crippen LogP contribution is 2.32. The van der Waals surface area contributed by atoms with E-state index in [2.05, 4.69) is 26.0 Å². The van der Waals surface area contributed by atoms with Crippen LogP contribution in [0.2, 0.25) is 0 Å². The maximum Gasteiger partial charge on any atom is 0.264 e. The number of benzene rings is 4. The average molecular weight is 675 g/mol. The molecule has 0 radical (unpaired) electrons. The molecule has 0 fully saturated rings. The van der Waals surface area contributed by atoms with E-state index < -0.39 is 32.5 Å². The molecule has 0 aliphatic carbocycles. The largest absolute Gasteiger partial charge is 0.493 e. The molecular formula is C29H28BrN3O7S2. The zero-order chi connectivity index (χ0) is 30.5. The van der Waals surface area contributed by atoms with E-state index in [-0.39, 0.29) is 26.9 Å². The van der Waals surface area contributed by atoms with Crippen molar-refractivity contribution in [2.75, 3.05) is 35.1 Å². The van der Waals surface area contributed by atoms with Crippen LogP contribution in [0.15, 0.2) is 105 Å². The Morgan fingerprint density at radius 2 is 1.33 bits per heavy atom. The molecule has 42 heavy (non-hydrogen) atoms. The van der Waals surface area contributed by atoms with E-state index in [1.54, 1.807) is 48.5 Å². The number of nitrogens with one attached hydrogen (secondary N) is 2. The Kier molecular flexibility index (Phi) is 9.44. The summed E-state index contributed by atoms with van der Waals surface area (Å²) in [6, 6.07) is 23.1. The van der Waals surface area contributed by atoms with Crippen LogP contribution in [0, 0.1) is 6.92 Å². The smallest absolute Gasteiger partial charge is 0.264 e. The van der Waals surface area contributed by atoms with Crippen molar-refractivity contribution in [2.24, 2.45) is 0 Å². The highest BCUT2D eigenvalue weighted by atomic mass is 79.9. The van der Waals surface area contributed by atoms with Gasteiger partial charge in [-0.05, 0) is 79.7 Å². The molecule has 4 aromatic rings. The van der Waals surface area contributed by atoms with E-state index in [1.807, 2.05) is 6.92 Å². The Bertz CT molecular complexity index is 1780. The van der Waals surface area contributed by atoms with Gasteiger partial charge in [-0.1, -0.05) is 33.6 Å². The highest BCUT2D eigenvalue weighted by molar-refractivity contribution is 9.10. The summed E-state index contributed by atoms with van der Waals surface area (Å²) in [7, 11) is -5.26. The number of ether oxygens (including phenoxy) is 2. The van der Waals surface area contributed by atoms with Crippen molar-refractivity contribution in [3.8, 4) is 11.5 Å². The van der Waals surface area contributed by atoms with Gasteiger partial charge >= 0.3 is 0 Å². The number of sulfonamides is 2. The number of methoxy groups -OCH3 is 2. The zero-order valence-corrected chi connectivity index (χ0v) is 26.1. The number of carbonyl (C=O) groups excluding carboxylic acids is 1. The molecule has 0 unspecified atom stereocenters. The molecule has 0 heterocycles. The normalized spacial score (nSPS) is 11.4. The number of hydrogen-bond donors (Lipinski definition) is 2. The van der Waals surface area contributed by atoms with Crippen LogP contribution in [0.3, 0.4) is 0 Å². The van der Waals surface area contributed by atoms with Crippen LogP contribution in [0.5, 0.6) is 11.5 Å². The Balaban J connectivity index is 1.55. The predicted octanol–water partition coefficient (Wildman–Crippen LogP) is 5.41. The second kappa shape index (κ2) is 12.8. The molecule has 0 bridgehead atoms. The van der Waals surface area contributed by atoms with E-state index in [9.17, 15) is 21.6 Å². The van der Waals surface area contributed by atoms with Gasteiger partial charge in [0.05, 0.1) is 29.7 Å². The van der Waals surface area contributed by atoms with Crippen molar-refractivity contribution in [3.05, 3.63) is 101 Å². The lowest BCUT2D eigenvalue weighted by molar-refractivity contribution is -0.114. The lowest BCUT2D eigenvalue weighted by Crippen LogP contribution is -2.38. The summed E-state index contributed by atoms with van der Waals surface area (Å²) in [4.78, 5) is 13.0. The van der Waals surface area contributed by atoms with Crippen LogP contribution in [0.4, 0.5) is 17.1 Å². The van der Waals surface area contributed by atoms with Crippen LogP contribution in [0.25, 0.3) is 0 Å². The maximum atomic E-state index is 13.8. The van der Waals surface area contributed by atoms with E-state index in [4.69, 9.17) is 9.47 Å². The molecule has 2 N–H and O–H groups in total. The van der Waals surface area contributed by atoms with Crippen LogP contribution < -0.4 is 23.8 Å². The quantitative estimate of drug-likeness (QED) is 0.218. The lowest BCUT2D eigenvalue weighted by Gasteiger charge is -2.24. The van der Waals surface area contributed by atoms with Gasteiger partial charge in [-0.25, -0.2) is 16.8 Å². The Morgan fingerprint density at radius 3 is 1.93 bits per heavy atom. The fraction of sp³-hybridized carbons (Fsp3) is 0.138. The number of anilines is 3. The number of aryl methyl sites for hydroxylation is 1. The molecule has 4 aromatic carbocycles. The summed E-state index contributed by atoms with van der Waals surface area (Å²) >= 11 is 3.30. The van der Waals surface area contributed by atoms with E-state index >= 15 is 0 Å². The third kappa shape index (κ3) is 7.22. The van der Waals surface area contributed by atoms with Gasteiger partial charge in [0, 0.05) is 21.9 Å². The zero-order valence-electron chi connectivity index (χ0n) is 22.9. The molecule has 4 rings (SSSR count). The Hall–Kier alpha value is -4.07. The molecule has 0 atom stereocenters. The predicted molar refractivity (Wildman–Crippen MR) is 165 cm³/mol. The van der Waals surface area contributed by atoms with Crippen LogP contribution in [0.1, 0.15) is 5.56 Å². The molecule has 0 saturated heterocycles. The topological polar surface area (TPSA) is 131 Å². The molecule has 0 saturated carbocycles. The lowest BCUT2D eigenvalue weighted by atomic mass is 10.2. The van der Waals surface area contributed by atoms with Gasteiger partial charge in [0.25, 0.3) is 20.0 Å². The van der Waals surface area contributed by atoms with Crippen LogP contribution >= 0.6 is 15.9 Å². The SMILES string of the molecule is COc1ccc(S(=O)(=O)N(CC(=O)Nc2ccc(S(=O)(=O)Nc3ccc(Br)cc3)cc2)c2ccc(C)cc2)cc1OC. The first-order chi connectivity index (χ1) is 19.9. The van der Waals surface area contributed by atoms with Crippen LogP contribution in [-0.4, -0.2) is 43.5 Å². The summed E-state index contributed by atoms with van der Waals surface area (Å²) in [6.45, 7) is 1.31.